The number of likely N-dealkylation sites (tertiary alicyclic amines) is 1. The molecular weight excluding hydrogens is 309 g/mol. The Morgan fingerprint density at radius 1 is 1.17 bits per heavy atom. The summed E-state index contributed by atoms with van der Waals surface area (Å²) >= 11 is 0. The maximum absolute atomic E-state index is 13.9. The number of carbonyl (C=O) groups excluding carboxylic acids is 2. The molecule has 6 heteroatoms. The number of fused-ring (bicyclic) bond motifs is 1. The van der Waals surface area contributed by atoms with Gasteiger partial charge < -0.3 is 9.80 Å². The third-order valence-electron chi connectivity index (χ3n) is 4.78. The van der Waals surface area contributed by atoms with Gasteiger partial charge >= 0.3 is 0 Å². The molecule has 0 bridgehead atoms. The summed E-state index contributed by atoms with van der Waals surface area (Å²) in [4.78, 5) is 32.6. The number of carbonyl (C=O) groups is 2. The zero-order chi connectivity index (χ0) is 16.7. The third kappa shape index (κ3) is 2.26. The minimum absolute atomic E-state index is 0.0240. The van der Waals surface area contributed by atoms with Crippen LogP contribution in [-0.4, -0.2) is 40.3 Å². The second-order valence-electron chi connectivity index (χ2n) is 6.08. The van der Waals surface area contributed by atoms with Gasteiger partial charge in [0, 0.05) is 19.2 Å². The Hall–Kier alpha value is -2.76. The molecule has 1 aromatic carbocycles. The van der Waals surface area contributed by atoms with Gasteiger partial charge in [0.2, 0.25) is 5.91 Å². The molecule has 2 aliphatic rings. The molecule has 24 heavy (non-hydrogen) atoms. The predicted octanol–water partition coefficient (Wildman–Crippen LogP) is 2.24. The van der Waals surface area contributed by atoms with Crippen LogP contribution in [-0.2, 0) is 4.79 Å². The van der Waals surface area contributed by atoms with Crippen LogP contribution in [0.15, 0.2) is 48.8 Å². The first kappa shape index (κ1) is 14.8. The predicted molar refractivity (Wildman–Crippen MR) is 86.0 cm³/mol. The SMILES string of the molecule is O=C(c1ccccc1F)N1CC[C@@H]2[C@@H]1CC(=O)N2c1cccnc1. The van der Waals surface area contributed by atoms with Crippen LogP contribution in [0.5, 0.6) is 0 Å². The molecule has 0 aliphatic carbocycles. The lowest BCUT2D eigenvalue weighted by atomic mass is 10.1. The normalized spacial score (nSPS) is 22.8. The molecule has 0 unspecified atom stereocenters. The molecule has 0 N–H and O–H groups in total. The number of amides is 2. The maximum atomic E-state index is 13.9. The van der Waals surface area contributed by atoms with E-state index >= 15 is 0 Å². The highest BCUT2D eigenvalue weighted by atomic mass is 19.1. The Balaban J connectivity index is 1.61. The van der Waals surface area contributed by atoms with Crippen molar-refractivity contribution in [2.75, 3.05) is 11.4 Å². The molecule has 4 rings (SSSR count). The van der Waals surface area contributed by atoms with Crippen LogP contribution in [0.25, 0.3) is 0 Å². The van der Waals surface area contributed by atoms with Gasteiger partial charge in [0.05, 0.1) is 29.5 Å². The van der Waals surface area contributed by atoms with E-state index < -0.39 is 5.82 Å². The first-order valence-corrected chi connectivity index (χ1v) is 7.94. The summed E-state index contributed by atoms with van der Waals surface area (Å²) < 4.78 is 13.9. The standard InChI is InChI=1S/C18H16FN3O2/c19-14-6-2-1-5-13(14)18(24)21-9-7-15-16(21)10-17(23)22(15)12-4-3-8-20-11-12/h1-6,8,11,15-16H,7,9-10H2/t15-,16+/m1/s1. The van der Waals surface area contributed by atoms with Crippen molar-refractivity contribution in [1.82, 2.24) is 9.88 Å². The Morgan fingerprint density at radius 3 is 2.75 bits per heavy atom. The van der Waals surface area contributed by atoms with E-state index in [9.17, 15) is 14.0 Å². The number of halogens is 1. The van der Waals surface area contributed by atoms with Gasteiger partial charge in [-0.15, -0.1) is 0 Å². The summed E-state index contributed by atoms with van der Waals surface area (Å²) in [6, 6.07) is 9.31. The molecule has 2 saturated heterocycles. The molecule has 5 nitrogen and oxygen atoms in total. The number of hydrogen-bond donors (Lipinski definition) is 0. The van der Waals surface area contributed by atoms with Crippen molar-refractivity contribution in [3.8, 4) is 0 Å². The summed E-state index contributed by atoms with van der Waals surface area (Å²) in [7, 11) is 0. The fourth-order valence-corrected chi connectivity index (χ4v) is 3.72. The van der Waals surface area contributed by atoms with Crippen LogP contribution >= 0.6 is 0 Å². The minimum atomic E-state index is -0.528. The minimum Gasteiger partial charge on any atom is -0.333 e. The van der Waals surface area contributed by atoms with Gasteiger partial charge in [0.1, 0.15) is 5.82 Å². The van der Waals surface area contributed by atoms with Gasteiger partial charge in [0.15, 0.2) is 0 Å². The number of benzene rings is 1. The highest BCUT2D eigenvalue weighted by molar-refractivity contribution is 6.00. The molecule has 1 aromatic heterocycles. The van der Waals surface area contributed by atoms with Crippen molar-refractivity contribution < 1.29 is 14.0 Å². The van der Waals surface area contributed by atoms with Crippen molar-refractivity contribution in [3.05, 3.63) is 60.2 Å². The van der Waals surface area contributed by atoms with Gasteiger partial charge in [-0.05, 0) is 30.7 Å². The highest BCUT2D eigenvalue weighted by Crippen LogP contribution is 2.36. The molecule has 122 valence electrons. The largest absolute Gasteiger partial charge is 0.333 e. The lowest BCUT2D eigenvalue weighted by molar-refractivity contribution is -0.117. The molecule has 0 radical (unpaired) electrons. The van der Waals surface area contributed by atoms with Crippen LogP contribution in [0, 0.1) is 5.82 Å². The van der Waals surface area contributed by atoms with Gasteiger partial charge in [-0.3, -0.25) is 14.6 Å². The molecule has 2 fully saturated rings. The Labute approximate surface area is 138 Å². The molecule has 0 spiro atoms. The maximum Gasteiger partial charge on any atom is 0.257 e. The van der Waals surface area contributed by atoms with E-state index in [0.717, 1.165) is 5.69 Å². The average Bonchev–Trinajstić information content (AvgIpc) is 3.13. The van der Waals surface area contributed by atoms with E-state index in [1.165, 1.54) is 12.1 Å². The second kappa shape index (κ2) is 5.70. The van der Waals surface area contributed by atoms with Crippen molar-refractivity contribution in [2.24, 2.45) is 0 Å². The molecule has 2 atom stereocenters. The smallest absolute Gasteiger partial charge is 0.257 e. The third-order valence-corrected chi connectivity index (χ3v) is 4.78. The van der Waals surface area contributed by atoms with Crippen molar-refractivity contribution in [2.45, 2.75) is 24.9 Å². The van der Waals surface area contributed by atoms with E-state index in [1.807, 2.05) is 6.07 Å². The summed E-state index contributed by atoms with van der Waals surface area (Å²) in [6.45, 7) is 0.520. The Morgan fingerprint density at radius 2 is 2.00 bits per heavy atom. The van der Waals surface area contributed by atoms with Crippen molar-refractivity contribution in [1.29, 1.82) is 0 Å². The van der Waals surface area contributed by atoms with E-state index in [4.69, 9.17) is 0 Å². The summed E-state index contributed by atoms with van der Waals surface area (Å²) in [5, 5.41) is 0. The van der Waals surface area contributed by atoms with E-state index in [2.05, 4.69) is 4.98 Å². The lowest BCUT2D eigenvalue weighted by Gasteiger charge is -2.25. The van der Waals surface area contributed by atoms with E-state index in [-0.39, 0.29) is 35.9 Å². The number of pyridine rings is 1. The van der Waals surface area contributed by atoms with Gasteiger partial charge in [-0.25, -0.2) is 4.39 Å². The molecule has 0 saturated carbocycles. The second-order valence-corrected chi connectivity index (χ2v) is 6.08. The van der Waals surface area contributed by atoms with Gasteiger partial charge in [-0.2, -0.15) is 0 Å². The van der Waals surface area contributed by atoms with Gasteiger partial charge in [-0.1, -0.05) is 12.1 Å². The topological polar surface area (TPSA) is 53.5 Å². The molecular formula is C18H16FN3O2. The first-order valence-electron chi connectivity index (χ1n) is 7.94. The fraction of sp³-hybridized carbons (Fsp3) is 0.278. The quantitative estimate of drug-likeness (QED) is 0.851. The number of rotatable bonds is 2. The van der Waals surface area contributed by atoms with E-state index in [1.54, 1.807) is 40.4 Å². The Kier molecular flexibility index (Phi) is 3.52. The van der Waals surface area contributed by atoms with Crippen LogP contribution in [0.2, 0.25) is 0 Å². The van der Waals surface area contributed by atoms with Crippen LogP contribution in [0.1, 0.15) is 23.2 Å². The van der Waals surface area contributed by atoms with Crippen molar-refractivity contribution in [3.63, 3.8) is 0 Å². The van der Waals surface area contributed by atoms with Crippen LogP contribution in [0.3, 0.4) is 0 Å². The number of anilines is 1. The van der Waals surface area contributed by atoms with E-state index in [0.29, 0.717) is 13.0 Å². The average molecular weight is 325 g/mol. The van der Waals surface area contributed by atoms with Crippen LogP contribution in [0.4, 0.5) is 10.1 Å². The number of hydrogen-bond acceptors (Lipinski definition) is 3. The molecule has 3 heterocycles. The van der Waals surface area contributed by atoms with Gasteiger partial charge in [0.25, 0.3) is 5.91 Å². The number of aromatic nitrogens is 1. The molecule has 2 aliphatic heterocycles. The summed E-state index contributed by atoms with van der Waals surface area (Å²) in [5.74, 6) is -0.898. The summed E-state index contributed by atoms with van der Waals surface area (Å²) in [6.07, 6.45) is 4.26. The molecule has 2 aromatic rings. The molecule has 2 amide bonds. The number of nitrogens with zero attached hydrogens (tertiary/aromatic N) is 3. The first-order chi connectivity index (χ1) is 11.7. The zero-order valence-electron chi connectivity index (χ0n) is 12.9. The fourth-order valence-electron chi connectivity index (χ4n) is 3.72. The highest BCUT2D eigenvalue weighted by Gasteiger charge is 2.49. The summed E-state index contributed by atoms with van der Waals surface area (Å²) in [5.41, 5.74) is 0.806. The van der Waals surface area contributed by atoms with Crippen molar-refractivity contribution >= 4 is 17.5 Å². The zero-order valence-corrected chi connectivity index (χ0v) is 12.9. The van der Waals surface area contributed by atoms with Crippen LogP contribution < -0.4 is 4.90 Å². The Bertz CT molecular complexity index is 796. The lowest BCUT2D eigenvalue weighted by Crippen LogP contribution is -2.40. The monoisotopic (exact) mass is 325 g/mol.